The molecule has 0 saturated heterocycles. The van der Waals surface area contributed by atoms with E-state index in [0.29, 0.717) is 33.6 Å². The van der Waals surface area contributed by atoms with Gasteiger partial charge in [0, 0.05) is 34.6 Å². The summed E-state index contributed by atoms with van der Waals surface area (Å²) in [5.41, 5.74) is 3.07. The molecule has 30 heavy (non-hydrogen) atoms. The topological polar surface area (TPSA) is 100 Å². The van der Waals surface area contributed by atoms with Gasteiger partial charge in [0.05, 0.1) is 22.5 Å². The molecule has 0 spiro atoms. The van der Waals surface area contributed by atoms with Gasteiger partial charge in [-0.3, -0.25) is 9.97 Å². The molecule has 2 aromatic heterocycles. The number of aromatic carboxylic acids is 2. The highest BCUT2D eigenvalue weighted by Gasteiger charge is 2.18. The van der Waals surface area contributed by atoms with Gasteiger partial charge in [-0.2, -0.15) is 0 Å². The minimum absolute atomic E-state index is 0.0303. The monoisotopic (exact) mass is 396 g/mol. The van der Waals surface area contributed by atoms with Crippen molar-refractivity contribution in [2.75, 3.05) is 0 Å². The summed E-state index contributed by atoms with van der Waals surface area (Å²) in [6.45, 7) is 0. The first-order valence-electron chi connectivity index (χ1n) is 9.12. The lowest BCUT2D eigenvalue weighted by Crippen LogP contribution is -2.04. The van der Waals surface area contributed by atoms with Crippen LogP contribution in [0.3, 0.4) is 0 Å². The Kier molecular flexibility index (Phi) is 5.05. The van der Waals surface area contributed by atoms with Gasteiger partial charge in [-0.1, -0.05) is 60.7 Å². The number of aromatic nitrogens is 2. The molecule has 0 saturated carbocycles. The summed E-state index contributed by atoms with van der Waals surface area (Å²) in [4.78, 5) is 32.4. The first kappa shape index (κ1) is 19.0. The SMILES string of the molecule is O=C(O)c1cc(-c2cnc(-c3ccccc3)c(C(=O)O)c2)cnc1-c1ccccc1. The molecule has 6 heteroatoms. The zero-order chi connectivity index (χ0) is 21.1. The zero-order valence-electron chi connectivity index (χ0n) is 15.7. The number of carbonyl (C=O) groups is 2. The zero-order valence-corrected chi connectivity index (χ0v) is 15.7. The molecular weight excluding hydrogens is 380 g/mol. The van der Waals surface area contributed by atoms with Crippen LogP contribution in [0.4, 0.5) is 0 Å². The standard InChI is InChI=1S/C24H16N2O4/c27-23(28)19-11-17(13-25-21(19)15-7-3-1-4-8-15)18-12-20(24(29)30)22(26-14-18)16-9-5-2-6-10-16/h1-14H,(H,27,28)(H,29,30). The second kappa shape index (κ2) is 7.97. The summed E-state index contributed by atoms with van der Waals surface area (Å²) in [6.07, 6.45) is 3.05. The van der Waals surface area contributed by atoms with Gasteiger partial charge in [0.25, 0.3) is 0 Å². The summed E-state index contributed by atoms with van der Waals surface area (Å²) in [7, 11) is 0. The number of benzene rings is 2. The molecule has 0 aliphatic rings. The fourth-order valence-corrected chi connectivity index (χ4v) is 3.22. The van der Waals surface area contributed by atoms with E-state index in [-0.39, 0.29) is 11.1 Å². The Morgan fingerprint density at radius 1 is 0.567 bits per heavy atom. The van der Waals surface area contributed by atoms with E-state index in [4.69, 9.17) is 0 Å². The van der Waals surface area contributed by atoms with Gasteiger partial charge in [-0.25, -0.2) is 9.59 Å². The fraction of sp³-hybridized carbons (Fsp3) is 0. The first-order chi connectivity index (χ1) is 14.5. The quantitative estimate of drug-likeness (QED) is 0.499. The number of carboxylic acid groups (broad SMARTS) is 2. The van der Waals surface area contributed by atoms with Crippen LogP contribution in [0.25, 0.3) is 33.6 Å². The van der Waals surface area contributed by atoms with Crippen molar-refractivity contribution in [2.24, 2.45) is 0 Å². The van der Waals surface area contributed by atoms with E-state index in [9.17, 15) is 19.8 Å². The number of pyridine rings is 2. The Morgan fingerprint density at radius 2 is 0.933 bits per heavy atom. The molecule has 0 radical (unpaired) electrons. The van der Waals surface area contributed by atoms with E-state index in [1.807, 2.05) is 36.4 Å². The van der Waals surface area contributed by atoms with Crippen LogP contribution in [0, 0.1) is 0 Å². The van der Waals surface area contributed by atoms with Gasteiger partial charge in [-0.15, -0.1) is 0 Å². The van der Waals surface area contributed by atoms with E-state index in [2.05, 4.69) is 9.97 Å². The summed E-state index contributed by atoms with van der Waals surface area (Å²) in [6, 6.07) is 21.0. The normalized spacial score (nSPS) is 10.5. The number of hydrogen-bond acceptors (Lipinski definition) is 4. The van der Waals surface area contributed by atoms with Crippen molar-refractivity contribution in [1.29, 1.82) is 0 Å². The second-order valence-corrected chi connectivity index (χ2v) is 6.58. The van der Waals surface area contributed by atoms with Crippen molar-refractivity contribution in [3.8, 4) is 33.6 Å². The van der Waals surface area contributed by atoms with Crippen LogP contribution in [-0.2, 0) is 0 Å². The smallest absolute Gasteiger partial charge is 0.337 e. The van der Waals surface area contributed by atoms with Crippen LogP contribution in [-0.4, -0.2) is 32.1 Å². The average molecular weight is 396 g/mol. The average Bonchev–Trinajstić information content (AvgIpc) is 2.79. The molecule has 4 aromatic rings. The van der Waals surface area contributed by atoms with Gasteiger partial charge in [-0.05, 0) is 12.1 Å². The lowest BCUT2D eigenvalue weighted by Gasteiger charge is -2.11. The number of hydrogen-bond donors (Lipinski definition) is 2. The summed E-state index contributed by atoms with van der Waals surface area (Å²) < 4.78 is 0. The summed E-state index contributed by atoms with van der Waals surface area (Å²) in [5.74, 6) is -2.23. The Bertz CT molecular complexity index is 1140. The predicted octanol–water partition coefficient (Wildman–Crippen LogP) is 4.87. The van der Waals surface area contributed by atoms with E-state index < -0.39 is 11.9 Å². The Labute approximate surface area is 172 Å². The van der Waals surface area contributed by atoms with E-state index in [1.165, 1.54) is 24.5 Å². The molecule has 0 aliphatic carbocycles. The molecule has 0 amide bonds. The van der Waals surface area contributed by atoms with Crippen LogP contribution in [0.1, 0.15) is 20.7 Å². The van der Waals surface area contributed by atoms with Gasteiger partial charge >= 0.3 is 11.9 Å². The van der Waals surface area contributed by atoms with Gasteiger partial charge in [0.2, 0.25) is 0 Å². The summed E-state index contributed by atoms with van der Waals surface area (Å²) in [5, 5.41) is 19.4. The van der Waals surface area contributed by atoms with Crippen molar-refractivity contribution in [3.05, 3.63) is 96.3 Å². The second-order valence-electron chi connectivity index (χ2n) is 6.58. The van der Waals surface area contributed by atoms with Crippen LogP contribution in [0.2, 0.25) is 0 Å². The van der Waals surface area contributed by atoms with Crippen molar-refractivity contribution >= 4 is 11.9 Å². The maximum atomic E-state index is 11.8. The fourth-order valence-electron chi connectivity index (χ4n) is 3.22. The highest BCUT2D eigenvalue weighted by atomic mass is 16.4. The predicted molar refractivity (Wildman–Crippen MR) is 112 cm³/mol. The van der Waals surface area contributed by atoms with E-state index >= 15 is 0 Å². The van der Waals surface area contributed by atoms with Gasteiger partial charge < -0.3 is 10.2 Å². The highest BCUT2D eigenvalue weighted by molar-refractivity contribution is 5.98. The molecule has 2 aromatic carbocycles. The van der Waals surface area contributed by atoms with Crippen molar-refractivity contribution in [2.45, 2.75) is 0 Å². The van der Waals surface area contributed by atoms with Crippen LogP contribution in [0.15, 0.2) is 85.2 Å². The lowest BCUT2D eigenvalue weighted by molar-refractivity contribution is 0.0686. The van der Waals surface area contributed by atoms with Crippen molar-refractivity contribution in [1.82, 2.24) is 9.97 Å². The van der Waals surface area contributed by atoms with Crippen LogP contribution >= 0.6 is 0 Å². The Balaban J connectivity index is 1.83. The van der Waals surface area contributed by atoms with Crippen LogP contribution < -0.4 is 0 Å². The molecule has 0 atom stereocenters. The van der Waals surface area contributed by atoms with E-state index in [1.54, 1.807) is 24.3 Å². The minimum Gasteiger partial charge on any atom is -0.478 e. The third-order valence-electron chi connectivity index (χ3n) is 4.66. The largest absolute Gasteiger partial charge is 0.478 e. The molecule has 0 aliphatic heterocycles. The highest BCUT2D eigenvalue weighted by Crippen LogP contribution is 2.29. The van der Waals surface area contributed by atoms with Gasteiger partial charge in [0.15, 0.2) is 0 Å². The molecule has 2 heterocycles. The molecule has 4 rings (SSSR count). The Hall–Kier alpha value is -4.32. The number of nitrogens with zero attached hydrogens (tertiary/aromatic N) is 2. The lowest BCUT2D eigenvalue weighted by atomic mass is 9.99. The van der Waals surface area contributed by atoms with E-state index in [0.717, 1.165) is 0 Å². The molecular formula is C24H16N2O4. The minimum atomic E-state index is -1.12. The van der Waals surface area contributed by atoms with Crippen molar-refractivity contribution < 1.29 is 19.8 Å². The molecule has 146 valence electrons. The molecule has 0 unspecified atom stereocenters. The number of rotatable bonds is 5. The molecule has 0 fully saturated rings. The Morgan fingerprint density at radius 3 is 1.27 bits per heavy atom. The van der Waals surface area contributed by atoms with Crippen LogP contribution in [0.5, 0.6) is 0 Å². The number of carboxylic acids is 2. The molecule has 6 nitrogen and oxygen atoms in total. The molecule has 0 bridgehead atoms. The maximum absolute atomic E-state index is 11.8. The maximum Gasteiger partial charge on any atom is 0.337 e. The molecule has 2 N–H and O–H groups in total. The summed E-state index contributed by atoms with van der Waals surface area (Å²) >= 11 is 0. The van der Waals surface area contributed by atoms with Crippen molar-refractivity contribution in [3.63, 3.8) is 0 Å². The van der Waals surface area contributed by atoms with Gasteiger partial charge in [0.1, 0.15) is 0 Å². The first-order valence-corrected chi connectivity index (χ1v) is 9.12. The third kappa shape index (κ3) is 3.66. The third-order valence-corrected chi connectivity index (χ3v) is 4.66.